The topological polar surface area (TPSA) is 68.8 Å². The number of anilines is 1. The maximum absolute atomic E-state index is 12.4. The number of carbonyl (C=O) groups is 1. The highest BCUT2D eigenvalue weighted by molar-refractivity contribution is 9.10. The van der Waals surface area contributed by atoms with E-state index in [9.17, 15) is 4.79 Å². The molecule has 2 N–H and O–H groups in total. The van der Waals surface area contributed by atoms with Crippen molar-refractivity contribution < 1.29 is 19.0 Å². The molecule has 134 valence electrons. The van der Waals surface area contributed by atoms with Gasteiger partial charge in [0.2, 0.25) is 0 Å². The molecule has 0 saturated heterocycles. The van der Waals surface area contributed by atoms with Gasteiger partial charge in [0.1, 0.15) is 0 Å². The molecule has 1 fully saturated rings. The first kappa shape index (κ1) is 18.9. The van der Waals surface area contributed by atoms with Crippen LogP contribution in [0.4, 0.5) is 10.5 Å². The molecule has 1 aromatic carbocycles. The molecule has 1 aromatic rings. The number of carbonyl (C=O) groups excluding carboxylic acids is 1. The van der Waals surface area contributed by atoms with E-state index in [4.69, 9.17) is 14.2 Å². The minimum atomic E-state index is -0.262. The summed E-state index contributed by atoms with van der Waals surface area (Å²) in [5.41, 5.74) is 0.499. The van der Waals surface area contributed by atoms with Gasteiger partial charge in [-0.15, -0.1) is 0 Å². The minimum absolute atomic E-state index is 0.0429. The summed E-state index contributed by atoms with van der Waals surface area (Å²) in [6, 6.07) is 3.25. The highest BCUT2D eigenvalue weighted by Gasteiger charge is 2.55. The fourth-order valence-electron chi connectivity index (χ4n) is 3.67. The Morgan fingerprint density at radius 2 is 1.75 bits per heavy atom. The lowest BCUT2D eigenvalue weighted by Crippen LogP contribution is -2.68. The molecule has 0 heterocycles. The Morgan fingerprint density at radius 1 is 1.17 bits per heavy atom. The number of nitrogens with one attached hydrogen (secondary N) is 2. The molecule has 2 amide bonds. The van der Waals surface area contributed by atoms with Gasteiger partial charge in [0, 0.05) is 41.1 Å². The van der Waals surface area contributed by atoms with E-state index in [0.29, 0.717) is 21.7 Å². The zero-order valence-electron chi connectivity index (χ0n) is 14.9. The normalized spacial score (nSPS) is 24.7. The smallest absolute Gasteiger partial charge is 0.319 e. The summed E-state index contributed by atoms with van der Waals surface area (Å²) in [5.74, 6) is 1.39. The Bertz CT molecular complexity index is 621. The second kappa shape index (κ2) is 7.19. The van der Waals surface area contributed by atoms with Crippen LogP contribution in [-0.2, 0) is 4.74 Å². The Morgan fingerprint density at radius 3 is 2.25 bits per heavy atom. The van der Waals surface area contributed by atoms with Gasteiger partial charge >= 0.3 is 6.03 Å². The van der Waals surface area contributed by atoms with Crippen molar-refractivity contribution in [3.05, 3.63) is 16.6 Å². The van der Waals surface area contributed by atoms with Crippen molar-refractivity contribution in [2.45, 2.75) is 32.9 Å². The molecule has 6 nitrogen and oxygen atoms in total. The Kier molecular flexibility index (Phi) is 5.65. The van der Waals surface area contributed by atoms with Crippen molar-refractivity contribution in [2.24, 2.45) is 11.3 Å². The molecule has 0 radical (unpaired) electrons. The lowest BCUT2D eigenvalue weighted by Gasteiger charge is -2.56. The first-order valence-electron chi connectivity index (χ1n) is 7.78. The van der Waals surface area contributed by atoms with Crippen LogP contribution in [0, 0.1) is 11.3 Å². The number of halogens is 1. The molecule has 0 aliphatic heterocycles. The zero-order chi connectivity index (χ0) is 18.1. The van der Waals surface area contributed by atoms with Crippen LogP contribution >= 0.6 is 15.9 Å². The van der Waals surface area contributed by atoms with Crippen LogP contribution in [-0.4, -0.2) is 39.5 Å². The van der Waals surface area contributed by atoms with Gasteiger partial charge in [-0.25, -0.2) is 4.79 Å². The number of methoxy groups -OCH3 is 3. The van der Waals surface area contributed by atoms with E-state index in [1.807, 2.05) is 0 Å². The van der Waals surface area contributed by atoms with E-state index in [1.165, 1.54) is 0 Å². The maximum atomic E-state index is 12.4. The van der Waals surface area contributed by atoms with Crippen LogP contribution in [0.5, 0.6) is 11.5 Å². The zero-order valence-corrected chi connectivity index (χ0v) is 16.5. The van der Waals surface area contributed by atoms with Crippen LogP contribution in [0.2, 0.25) is 0 Å². The fraction of sp³-hybridized carbons (Fsp3) is 0.588. The van der Waals surface area contributed by atoms with Crippen molar-refractivity contribution in [2.75, 3.05) is 26.6 Å². The monoisotopic (exact) mass is 400 g/mol. The highest BCUT2D eigenvalue weighted by atomic mass is 79.9. The largest absolute Gasteiger partial charge is 0.493 e. The molecule has 7 heteroatoms. The Labute approximate surface area is 151 Å². The predicted octanol–water partition coefficient (Wildman–Crippen LogP) is 3.65. The van der Waals surface area contributed by atoms with Crippen molar-refractivity contribution in [1.29, 1.82) is 0 Å². The Hall–Kier alpha value is -1.47. The quantitative estimate of drug-likeness (QED) is 0.791. The van der Waals surface area contributed by atoms with Gasteiger partial charge in [-0.1, -0.05) is 20.8 Å². The summed E-state index contributed by atoms with van der Waals surface area (Å²) in [4.78, 5) is 12.4. The molecule has 0 spiro atoms. The first-order chi connectivity index (χ1) is 11.3. The van der Waals surface area contributed by atoms with Crippen LogP contribution in [0.25, 0.3) is 0 Å². The summed E-state index contributed by atoms with van der Waals surface area (Å²) < 4.78 is 16.7. The molecule has 24 heavy (non-hydrogen) atoms. The van der Waals surface area contributed by atoms with Crippen molar-refractivity contribution in [3.63, 3.8) is 0 Å². The second-order valence-corrected chi connectivity index (χ2v) is 7.45. The maximum Gasteiger partial charge on any atom is 0.319 e. The first-order valence-corrected chi connectivity index (χ1v) is 8.57. The third-order valence-electron chi connectivity index (χ3n) is 4.80. The number of ether oxygens (including phenoxy) is 3. The summed E-state index contributed by atoms with van der Waals surface area (Å²) in [6.45, 7) is 6.27. The van der Waals surface area contributed by atoms with Crippen molar-refractivity contribution in [1.82, 2.24) is 5.32 Å². The lowest BCUT2D eigenvalue weighted by molar-refractivity contribution is -0.140. The number of hydrogen-bond donors (Lipinski definition) is 2. The summed E-state index contributed by atoms with van der Waals surface area (Å²) in [5, 5.41) is 5.89. The van der Waals surface area contributed by atoms with E-state index < -0.39 is 0 Å². The van der Waals surface area contributed by atoms with Gasteiger partial charge in [0.05, 0.1) is 26.0 Å². The summed E-state index contributed by atoms with van der Waals surface area (Å²) in [7, 11) is 4.83. The molecule has 0 unspecified atom stereocenters. The molecule has 0 aromatic heterocycles. The second-order valence-electron chi connectivity index (χ2n) is 6.60. The number of hydrogen-bond acceptors (Lipinski definition) is 4. The van der Waals surface area contributed by atoms with Crippen LogP contribution in [0.15, 0.2) is 16.6 Å². The van der Waals surface area contributed by atoms with E-state index >= 15 is 0 Å². The van der Waals surface area contributed by atoms with Crippen molar-refractivity contribution in [3.8, 4) is 11.5 Å². The van der Waals surface area contributed by atoms with Gasteiger partial charge < -0.3 is 24.8 Å². The number of benzene rings is 1. The predicted molar refractivity (Wildman–Crippen MR) is 96.9 cm³/mol. The molecule has 2 rings (SSSR count). The molecule has 1 aliphatic rings. The minimum Gasteiger partial charge on any atom is -0.493 e. The SMILES string of the molecule is COc1cc(Br)c(NC(=O)N[C@@H]2[C@H](C)[C@@H](OC)C2(C)C)cc1OC. The van der Waals surface area contributed by atoms with Gasteiger partial charge in [-0.3, -0.25) is 0 Å². The van der Waals surface area contributed by atoms with Gasteiger partial charge in [-0.05, 0) is 15.9 Å². The van der Waals surface area contributed by atoms with Gasteiger partial charge in [0.25, 0.3) is 0 Å². The number of amides is 2. The van der Waals surface area contributed by atoms with E-state index in [1.54, 1.807) is 33.5 Å². The molecule has 1 saturated carbocycles. The van der Waals surface area contributed by atoms with E-state index in [2.05, 4.69) is 47.3 Å². The molecule has 0 bridgehead atoms. The lowest BCUT2D eigenvalue weighted by atomic mass is 9.58. The van der Waals surface area contributed by atoms with Gasteiger partial charge in [0.15, 0.2) is 11.5 Å². The van der Waals surface area contributed by atoms with Crippen molar-refractivity contribution >= 4 is 27.6 Å². The highest BCUT2D eigenvalue weighted by Crippen LogP contribution is 2.47. The standard InChI is InChI=1S/C17H25BrN2O4/c1-9-14(17(2,3)15(9)24-6)20-16(21)19-11-8-13(23-5)12(22-4)7-10(11)18/h7-9,14-15H,1-6H3,(H2,19,20,21)/t9-,14+,15+/m0/s1. The molecule has 3 atom stereocenters. The van der Waals surface area contributed by atoms with Crippen LogP contribution in [0.3, 0.4) is 0 Å². The Balaban J connectivity index is 2.08. The molecular formula is C17H25BrN2O4. The van der Waals surface area contributed by atoms with Crippen LogP contribution in [0.1, 0.15) is 20.8 Å². The van der Waals surface area contributed by atoms with Crippen LogP contribution < -0.4 is 20.1 Å². The average molecular weight is 401 g/mol. The molecular weight excluding hydrogens is 376 g/mol. The summed E-state index contributed by atoms with van der Waals surface area (Å²) >= 11 is 3.43. The summed E-state index contributed by atoms with van der Waals surface area (Å²) in [6.07, 6.45) is 0.135. The number of rotatable bonds is 5. The van der Waals surface area contributed by atoms with E-state index in [-0.39, 0.29) is 29.5 Å². The fourth-order valence-corrected chi connectivity index (χ4v) is 4.10. The molecule has 1 aliphatic carbocycles. The van der Waals surface area contributed by atoms with E-state index in [0.717, 1.165) is 0 Å². The van der Waals surface area contributed by atoms with Gasteiger partial charge in [-0.2, -0.15) is 0 Å². The number of urea groups is 1. The third kappa shape index (κ3) is 3.32. The third-order valence-corrected chi connectivity index (χ3v) is 5.46. The average Bonchev–Trinajstić information content (AvgIpc) is 2.54.